The molecule has 0 radical (unpaired) electrons. The van der Waals surface area contributed by atoms with Gasteiger partial charge in [-0.05, 0) is 130 Å². The third-order valence-corrected chi connectivity index (χ3v) is 23.6. The van der Waals surface area contributed by atoms with Crippen LogP contribution in [-0.2, 0) is 57.8 Å². The van der Waals surface area contributed by atoms with Gasteiger partial charge in [0.1, 0.15) is 4.21 Å². The lowest BCUT2D eigenvalue weighted by Gasteiger charge is -2.16. The Hall–Kier alpha value is -3.65. The summed E-state index contributed by atoms with van der Waals surface area (Å²) in [4.78, 5) is 18.3. The Morgan fingerprint density at radius 2 is 1.15 bits per heavy atom. The van der Waals surface area contributed by atoms with Gasteiger partial charge in [-0.15, -0.1) is 46.6 Å². The van der Waals surface area contributed by atoms with E-state index in [2.05, 4.69) is 22.8 Å². The van der Waals surface area contributed by atoms with Crippen LogP contribution in [0.25, 0.3) is 4.85 Å². The molecule has 1 amide bonds. The number of benzene rings is 3. The average molecular weight is 1190 g/mol. The molecule has 0 atom stereocenters. The molecule has 0 spiro atoms. The molecule has 0 saturated carbocycles. The van der Waals surface area contributed by atoms with Gasteiger partial charge >= 0.3 is 0 Å². The average Bonchev–Trinajstić information content (AvgIpc) is 4.23. The fraction of sp³-hybridized carbons (Fsp3) is 0.333. The first-order valence-electron chi connectivity index (χ1n) is 22.4. The number of thiophene rings is 3. The van der Waals surface area contributed by atoms with Crippen molar-refractivity contribution in [3.63, 3.8) is 0 Å². The van der Waals surface area contributed by atoms with Gasteiger partial charge in [-0.2, -0.15) is 12.9 Å². The summed E-state index contributed by atoms with van der Waals surface area (Å²) in [5.41, 5.74) is 5.53. The summed E-state index contributed by atoms with van der Waals surface area (Å²) in [6.45, 7) is 12.3. The number of sulfonamides is 3. The number of carbonyl (C=O) groups excluding carboxylic acids is 1. The van der Waals surface area contributed by atoms with Gasteiger partial charge in [-0.3, -0.25) is 4.79 Å². The standard InChI is InChI=1S/C17H20N2O3S3.C15H18N2O4S3.C10H13NO2S2.C5H2ClNS.CH4/c1-13(20)18-12-15-7-8-17(24-15)23-14-5-4-6-16(11-14)25(21,22)19-9-2-3-10-19;16-11-12-6-7-15(22-12)23(18,19)13-4-3-5-14(10-13)24(20,21)17-8-1-2-9-17;12-15(13,11-6-1-2-7-11)10-5-3-4-9(14)8-10;1-7-5-3-2-4(6)8-5;/h4-8,11H,2-3,9-10,12H2,1H3,(H,18,20);3-7,10H,1-2,8-9,11,16H2;3-5,8,14H,1-2,6-7H2;2-3H;1H4. The summed E-state index contributed by atoms with van der Waals surface area (Å²) < 4.78 is 107. The molecule has 25 heteroatoms. The summed E-state index contributed by atoms with van der Waals surface area (Å²) >= 11 is 15.2. The molecule has 0 bridgehead atoms. The molecule has 3 aliphatic rings. The van der Waals surface area contributed by atoms with Crippen LogP contribution in [0.5, 0.6) is 0 Å². The third-order valence-electron chi connectivity index (χ3n) is 11.0. The van der Waals surface area contributed by atoms with E-state index in [0.29, 0.717) is 69.8 Å². The molecule has 3 aromatic heterocycles. The van der Waals surface area contributed by atoms with Crippen molar-refractivity contribution in [1.82, 2.24) is 18.2 Å². The molecule has 6 heterocycles. The van der Waals surface area contributed by atoms with Crippen LogP contribution < -0.4 is 11.1 Å². The predicted molar refractivity (Wildman–Crippen MR) is 297 cm³/mol. The van der Waals surface area contributed by atoms with Crippen LogP contribution in [0.4, 0.5) is 5.00 Å². The fourth-order valence-electron chi connectivity index (χ4n) is 7.31. The summed E-state index contributed by atoms with van der Waals surface area (Å²) in [5, 5.41) is 3.42. The van der Waals surface area contributed by atoms with Gasteiger partial charge in [0.05, 0.1) is 41.2 Å². The van der Waals surface area contributed by atoms with Crippen molar-refractivity contribution in [2.75, 3.05) is 39.3 Å². The molecule has 3 fully saturated rings. The SMILES string of the molecule is C.CC(=O)NCc1ccc(Sc2cccc(S(=O)(=O)N3CCCC3)c2)s1.NCc1ccc(S(=O)(=O)c2cccc(S(=O)(=O)N3CCCC3)c2)s1.O=S(=O)(c1cccc(S)c1)N1CCCC1.[C-]#[N+]c1ccc(Cl)s1. The van der Waals surface area contributed by atoms with Crippen LogP contribution in [0.2, 0.25) is 4.34 Å². The number of thiol groups is 1. The van der Waals surface area contributed by atoms with Gasteiger partial charge in [-0.1, -0.05) is 49.0 Å². The van der Waals surface area contributed by atoms with E-state index in [0.717, 1.165) is 68.7 Å². The van der Waals surface area contributed by atoms with Gasteiger partial charge in [0.2, 0.25) is 50.8 Å². The molecule has 3 aliphatic heterocycles. The lowest BCUT2D eigenvalue weighted by molar-refractivity contribution is -0.119. The number of sulfone groups is 1. The van der Waals surface area contributed by atoms with Crippen molar-refractivity contribution in [3.05, 3.63) is 135 Å². The second-order valence-electron chi connectivity index (χ2n) is 16.1. The second kappa shape index (κ2) is 27.4. The first-order valence-corrected chi connectivity index (χ1v) is 32.3. The maximum absolute atomic E-state index is 12.7. The van der Waals surface area contributed by atoms with E-state index in [4.69, 9.17) is 23.9 Å². The Kier molecular flexibility index (Phi) is 22.6. The summed E-state index contributed by atoms with van der Waals surface area (Å²) in [6, 6.07) is 29.9. The second-order valence-corrected chi connectivity index (χ2v) is 30.0. The zero-order valence-corrected chi connectivity index (χ0v) is 47.1. The number of carbonyl (C=O) groups is 1. The number of hydrogen-bond donors (Lipinski definition) is 3. The van der Waals surface area contributed by atoms with E-state index in [9.17, 15) is 38.5 Å². The van der Waals surface area contributed by atoms with Crippen molar-refractivity contribution in [3.8, 4) is 0 Å². The number of hydrogen-bond acceptors (Lipinski definition) is 15. The summed E-state index contributed by atoms with van der Waals surface area (Å²) in [5.74, 6) is -0.0533. The number of rotatable bonds is 13. The van der Waals surface area contributed by atoms with E-state index >= 15 is 0 Å². The Morgan fingerprint density at radius 1 is 0.658 bits per heavy atom. The molecule has 0 aliphatic carbocycles. The zero-order valence-electron chi connectivity index (χ0n) is 38.9. The van der Waals surface area contributed by atoms with Crippen molar-refractivity contribution < 1.29 is 38.5 Å². The van der Waals surface area contributed by atoms with E-state index in [1.54, 1.807) is 76.3 Å². The Bertz CT molecular complexity index is 3300. The lowest BCUT2D eigenvalue weighted by atomic mass is 10.4. The maximum Gasteiger partial charge on any atom is 0.243 e. The molecule has 9 rings (SSSR count). The van der Waals surface area contributed by atoms with Crippen LogP contribution in [0.3, 0.4) is 0 Å². The number of amides is 1. The molecule has 6 aromatic rings. The van der Waals surface area contributed by atoms with Gasteiger partial charge in [0, 0.05) is 72.3 Å². The normalized spacial score (nSPS) is 15.4. The lowest BCUT2D eigenvalue weighted by Crippen LogP contribution is -2.27. The molecule has 3 aromatic carbocycles. The zero-order chi connectivity index (χ0) is 52.1. The minimum atomic E-state index is -3.75. The quantitative estimate of drug-likeness (QED) is 0.0733. The van der Waals surface area contributed by atoms with Crippen LogP contribution >= 0.6 is 70.0 Å². The van der Waals surface area contributed by atoms with Gasteiger partial charge in [0.25, 0.3) is 0 Å². The highest BCUT2D eigenvalue weighted by molar-refractivity contribution is 8.01. The molecule has 73 heavy (non-hydrogen) atoms. The number of nitrogens with two attached hydrogens (primary N) is 1. The minimum absolute atomic E-state index is 0. The molecule has 15 nitrogen and oxygen atoms in total. The first-order chi connectivity index (χ1) is 34.2. The molecular weight excluding hydrogens is 1130 g/mol. The first kappa shape index (κ1) is 60.2. The molecule has 3 saturated heterocycles. The predicted octanol–water partition coefficient (Wildman–Crippen LogP) is 10.5. The molecule has 394 valence electrons. The van der Waals surface area contributed by atoms with Gasteiger partial charge in [0.15, 0.2) is 0 Å². The van der Waals surface area contributed by atoms with Crippen molar-refractivity contribution in [2.45, 2.75) is 104 Å². The highest BCUT2D eigenvalue weighted by Crippen LogP contribution is 2.36. The summed E-state index contributed by atoms with van der Waals surface area (Å²) in [6.07, 6.45) is 5.43. The van der Waals surface area contributed by atoms with E-state index in [1.165, 1.54) is 69.0 Å². The van der Waals surface area contributed by atoms with E-state index in [1.807, 2.05) is 18.2 Å². The van der Waals surface area contributed by atoms with Crippen molar-refractivity contribution in [2.24, 2.45) is 5.73 Å². The topological polar surface area (TPSA) is 206 Å². The largest absolute Gasteiger partial charge is 0.351 e. The highest BCUT2D eigenvalue weighted by Gasteiger charge is 2.30. The fourth-order valence-corrected chi connectivity index (χ4v) is 18.1. The van der Waals surface area contributed by atoms with Crippen molar-refractivity contribution in [1.29, 1.82) is 0 Å². The number of nitrogens with one attached hydrogen (secondary N) is 1. The minimum Gasteiger partial charge on any atom is -0.351 e. The Labute approximate surface area is 457 Å². The maximum atomic E-state index is 12.7. The summed E-state index contributed by atoms with van der Waals surface area (Å²) in [7, 11) is -14.1. The third kappa shape index (κ3) is 16.4. The van der Waals surface area contributed by atoms with Crippen LogP contribution in [-0.4, -0.2) is 91.8 Å². The van der Waals surface area contributed by atoms with Crippen LogP contribution in [0.15, 0.2) is 147 Å². The molecule has 0 unspecified atom stereocenters. The Balaban J connectivity index is 0.000000191. The number of halogens is 1. The monoisotopic (exact) mass is 1180 g/mol. The highest BCUT2D eigenvalue weighted by atomic mass is 35.5. The molecular formula is C48H57ClN6O9S9. The smallest absolute Gasteiger partial charge is 0.243 e. The number of nitrogens with zero attached hydrogens (tertiary/aromatic N) is 4. The van der Waals surface area contributed by atoms with Crippen LogP contribution in [0, 0.1) is 6.57 Å². The van der Waals surface area contributed by atoms with Crippen LogP contribution in [0.1, 0.15) is 62.6 Å². The Morgan fingerprint density at radius 3 is 1.62 bits per heavy atom. The van der Waals surface area contributed by atoms with Gasteiger partial charge < -0.3 is 11.1 Å². The van der Waals surface area contributed by atoms with E-state index < -0.39 is 39.9 Å². The molecule has 3 N–H and O–H groups in total. The van der Waals surface area contributed by atoms with Crippen molar-refractivity contribution >= 4 is 121 Å². The van der Waals surface area contributed by atoms with E-state index in [-0.39, 0.29) is 33.9 Å². The van der Waals surface area contributed by atoms with Gasteiger partial charge in [-0.25, -0.2) is 38.5 Å².